The summed E-state index contributed by atoms with van der Waals surface area (Å²) in [6, 6.07) is 9.95. The standard InChI is InChI=1S/C15H10F2N2O/c16-11-2-4-14(12(17)8-11)19-15(20)10-1-3-13-9(7-10)5-6-18-13/h1-8,18H,(H,19,20). The number of hydrogen-bond donors (Lipinski definition) is 2. The molecular weight excluding hydrogens is 262 g/mol. The van der Waals surface area contributed by atoms with Gasteiger partial charge >= 0.3 is 0 Å². The summed E-state index contributed by atoms with van der Waals surface area (Å²) in [6.45, 7) is 0. The molecule has 0 fully saturated rings. The van der Waals surface area contributed by atoms with E-state index in [4.69, 9.17) is 0 Å². The van der Waals surface area contributed by atoms with Crippen LogP contribution in [0.4, 0.5) is 14.5 Å². The van der Waals surface area contributed by atoms with Gasteiger partial charge in [-0.25, -0.2) is 8.78 Å². The van der Waals surface area contributed by atoms with Crippen molar-refractivity contribution in [1.29, 1.82) is 0 Å². The minimum Gasteiger partial charge on any atom is -0.361 e. The molecule has 3 rings (SSSR count). The second-order valence-corrected chi connectivity index (χ2v) is 4.36. The number of halogens is 2. The Hall–Kier alpha value is -2.69. The van der Waals surface area contributed by atoms with E-state index < -0.39 is 17.5 Å². The zero-order chi connectivity index (χ0) is 14.1. The quantitative estimate of drug-likeness (QED) is 0.734. The number of amides is 1. The zero-order valence-electron chi connectivity index (χ0n) is 10.3. The van der Waals surface area contributed by atoms with Gasteiger partial charge in [-0.15, -0.1) is 0 Å². The van der Waals surface area contributed by atoms with Crippen molar-refractivity contribution in [1.82, 2.24) is 4.98 Å². The molecule has 0 saturated heterocycles. The molecular formula is C15H10F2N2O. The summed E-state index contributed by atoms with van der Waals surface area (Å²) >= 11 is 0. The predicted molar refractivity (Wildman–Crippen MR) is 72.6 cm³/mol. The average Bonchev–Trinajstić information content (AvgIpc) is 2.89. The van der Waals surface area contributed by atoms with E-state index in [1.807, 2.05) is 6.07 Å². The molecule has 0 aliphatic rings. The van der Waals surface area contributed by atoms with Crippen LogP contribution in [0.25, 0.3) is 10.9 Å². The first kappa shape index (κ1) is 12.3. The van der Waals surface area contributed by atoms with Crippen molar-refractivity contribution in [3.63, 3.8) is 0 Å². The van der Waals surface area contributed by atoms with E-state index in [1.165, 1.54) is 6.07 Å². The van der Waals surface area contributed by atoms with E-state index in [2.05, 4.69) is 10.3 Å². The van der Waals surface area contributed by atoms with Gasteiger partial charge in [0.15, 0.2) is 0 Å². The molecule has 3 aromatic rings. The van der Waals surface area contributed by atoms with Crippen LogP contribution in [-0.4, -0.2) is 10.9 Å². The lowest BCUT2D eigenvalue weighted by Gasteiger charge is -2.06. The maximum atomic E-state index is 13.5. The molecule has 0 saturated carbocycles. The van der Waals surface area contributed by atoms with E-state index in [0.717, 1.165) is 23.0 Å². The van der Waals surface area contributed by atoms with Crippen molar-refractivity contribution in [3.05, 3.63) is 65.9 Å². The monoisotopic (exact) mass is 272 g/mol. The molecule has 0 aliphatic heterocycles. The second-order valence-electron chi connectivity index (χ2n) is 4.36. The smallest absolute Gasteiger partial charge is 0.255 e. The van der Waals surface area contributed by atoms with Crippen LogP contribution in [0.5, 0.6) is 0 Å². The van der Waals surface area contributed by atoms with Crippen LogP contribution < -0.4 is 5.32 Å². The number of benzene rings is 2. The van der Waals surface area contributed by atoms with E-state index in [0.29, 0.717) is 5.56 Å². The Balaban J connectivity index is 1.88. The van der Waals surface area contributed by atoms with Crippen LogP contribution in [0.2, 0.25) is 0 Å². The Morgan fingerprint density at radius 1 is 1.05 bits per heavy atom. The van der Waals surface area contributed by atoms with Crippen molar-refractivity contribution in [2.24, 2.45) is 0 Å². The number of carbonyl (C=O) groups excluding carboxylic acids is 1. The van der Waals surface area contributed by atoms with Gasteiger partial charge in [-0.05, 0) is 36.4 Å². The Bertz CT molecular complexity index is 795. The van der Waals surface area contributed by atoms with Crippen LogP contribution >= 0.6 is 0 Å². The number of aromatic nitrogens is 1. The van der Waals surface area contributed by atoms with Gasteiger partial charge in [-0.2, -0.15) is 0 Å². The van der Waals surface area contributed by atoms with Gasteiger partial charge < -0.3 is 10.3 Å². The first-order valence-corrected chi connectivity index (χ1v) is 5.97. The van der Waals surface area contributed by atoms with Gasteiger partial charge in [-0.1, -0.05) is 0 Å². The maximum absolute atomic E-state index is 13.5. The molecule has 2 N–H and O–H groups in total. The fourth-order valence-corrected chi connectivity index (χ4v) is 1.98. The summed E-state index contributed by atoms with van der Waals surface area (Å²) in [4.78, 5) is 15.1. The fraction of sp³-hybridized carbons (Fsp3) is 0. The molecule has 100 valence electrons. The number of carbonyl (C=O) groups is 1. The van der Waals surface area contributed by atoms with Crippen LogP contribution in [0.1, 0.15) is 10.4 Å². The molecule has 5 heteroatoms. The lowest BCUT2D eigenvalue weighted by molar-refractivity contribution is 0.102. The van der Waals surface area contributed by atoms with Gasteiger partial charge in [0.25, 0.3) is 5.91 Å². The molecule has 3 nitrogen and oxygen atoms in total. The zero-order valence-corrected chi connectivity index (χ0v) is 10.3. The molecule has 0 aliphatic carbocycles. The number of nitrogens with one attached hydrogen (secondary N) is 2. The van der Waals surface area contributed by atoms with Gasteiger partial charge in [0.05, 0.1) is 5.69 Å². The minimum absolute atomic E-state index is 0.0504. The SMILES string of the molecule is O=C(Nc1ccc(F)cc1F)c1ccc2[nH]ccc2c1. The summed E-state index contributed by atoms with van der Waals surface area (Å²) in [5, 5.41) is 3.31. The van der Waals surface area contributed by atoms with Crippen LogP contribution in [-0.2, 0) is 0 Å². The van der Waals surface area contributed by atoms with E-state index in [1.54, 1.807) is 24.4 Å². The Morgan fingerprint density at radius 2 is 1.90 bits per heavy atom. The van der Waals surface area contributed by atoms with E-state index >= 15 is 0 Å². The van der Waals surface area contributed by atoms with E-state index in [9.17, 15) is 13.6 Å². The molecule has 0 bridgehead atoms. The summed E-state index contributed by atoms with van der Waals surface area (Å²) in [6.07, 6.45) is 1.77. The van der Waals surface area contributed by atoms with Crippen molar-refractivity contribution in [2.75, 3.05) is 5.32 Å². The van der Waals surface area contributed by atoms with Crippen molar-refractivity contribution in [2.45, 2.75) is 0 Å². The molecule has 0 atom stereocenters. The molecule has 1 heterocycles. The van der Waals surface area contributed by atoms with Gasteiger partial charge in [0.1, 0.15) is 11.6 Å². The van der Waals surface area contributed by atoms with Gasteiger partial charge in [0.2, 0.25) is 0 Å². The highest BCUT2D eigenvalue weighted by molar-refractivity contribution is 6.06. The predicted octanol–water partition coefficient (Wildman–Crippen LogP) is 3.70. The third-order valence-corrected chi connectivity index (χ3v) is 2.99. The fourth-order valence-electron chi connectivity index (χ4n) is 1.98. The lowest BCUT2D eigenvalue weighted by Crippen LogP contribution is -2.13. The summed E-state index contributed by atoms with van der Waals surface area (Å²) < 4.78 is 26.3. The lowest BCUT2D eigenvalue weighted by atomic mass is 10.1. The summed E-state index contributed by atoms with van der Waals surface area (Å²) in [7, 11) is 0. The largest absolute Gasteiger partial charge is 0.361 e. The minimum atomic E-state index is -0.805. The first-order chi connectivity index (χ1) is 9.63. The van der Waals surface area contributed by atoms with Gasteiger partial charge in [0, 0.05) is 28.7 Å². The molecule has 2 aromatic carbocycles. The van der Waals surface area contributed by atoms with Gasteiger partial charge in [-0.3, -0.25) is 4.79 Å². The molecule has 0 radical (unpaired) electrons. The molecule has 1 aromatic heterocycles. The molecule has 20 heavy (non-hydrogen) atoms. The number of H-pyrrole nitrogens is 1. The average molecular weight is 272 g/mol. The van der Waals surface area contributed by atoms with Crippen molar-refractivity contribution >= 4 is 22.5 Å². The maximum Gasteiger partial charge on any atom is 0.255 e. The Kier molecular flexibility index (Phi) is 2.95. The number of anilines is 1. The normalized spacial score (nSPS) is 10.7. The third-order valence-electron chi connectivity index (χ3n) is 2.99. The van der Waals surface area contributed by atoms with Crippen LogP contribution in [0, 0.1) is 11.6 Å². The van der Waals surface area contributed by atoms with Crippen molar-refractivity contribution in [3.8, 4) is 0 Å². The number of rotatable bonds is 2. The summed E-state index contributed by atoms with van der Waals surface area (Å²) in [5.41, 5.74) is 1.26. The van der Waals surface area contributed by atoms with Crippen molar-refractivity contribution < 1.29 is 13.6 Å². The summed E-state index contributed by atoms with van der Waals surface area (Å²) in [5.74, 6) is -1.94. The topological polar surface area (TPSA) is 44.9 Å². The highest BCUT2D eigenvalue weighted by Crippen LogP contribution is 2.18. The Morgan fingerprint density at radius 3 is 2.70 bits per heavy atom. The van der Waals surface area contributed by atoms with Crippen LogP contribution in [0.15, 0.2) is 48.7 Å². The van der Waals surface area contributed by atoms with E-state index in [-0.39, 0.29) is 5.69 Å². The van der Waals surface area contributed by atoms with Crippen LogP contribution in [0.3, 0.4) is 0 Å². The highest BCUT2D eigenvalue weighted by atomic mass is 19.1. The molecule has 0 spiro atoms. The number of aromatic amines is 1. The third kappa shape index (κ3) is 2.25. The number of fused-ring (bicyclic) bond motifs is 1. The second kappa shape index (κ2) is 4.77. The molecule has 1 amide bonds. The first-order valence-electron chi connectivity index (χ1n) is 5.97. The number of hydrogen-bond acceptors (Lipinski definition) is 1. The highest BCUT2D eigenvalue weighted by Gasteiger charge is 2.10. The molecule has 0 unspecified atom stereocenters. The Labute approximate surface area is 113 Å².